The molecule has 2 fully saturated rings. The fourth-order valence-electron chi connectivity index (χ4n) is 3.61. The molecule has 1 aromatic heterocycles. The number of thioether (sulfide) groups is 1. The predicted molar refractivity (Wildman–Crippen MR) is 107 cm³/mol. The lowest BCUT2D eigenvalue weighted by atomic mass is 10.1. The molecule has 140 valence electrons. The van der Waals surface area contributed by atoms with Crippen LogP contribution < -0.4 is 5.32 Å². The quantitative estimate of drug-likeness (QED) is 0.795. The maximum absolute atomic E-state index is 12.8. The zero-order valence-corrected chi connectivity index (χ0v) is 16.7. The summed E-state index contributed by atoms with van der Waals surface area (Å²) in [5.74, 6) is 0.261. The average molecular weight is 402 g/mol. The van der Waals surface area contributed by atoms with Gasteiger partial charge in [-0.1, -0.05) is 41.7 Å². The van der Waals surface area contributed by atoms with Gasteiger partial charge in [0.1, 0.15) is 6.04 Å². The summed E-state index contributed by atoms with van der Waals surface area (Å²) in [5.41, 5.74) is 1.41. The first-order valence-corrected chi connectivity index (χ1v) is 10.5. The van der Waals surface area contributed by atoms with Crippen LogP contribution in [0.25, 0.3) is 11.3 Å². The SMILES string of the molecule is CC(=O)c1sc(NC(=O)[C@@H]2CS[C@]3(C)CCC(=O)N23)nc1-c1ccccc1. The molecule has 1 aromatic carbocycles. The number of benzene rings is 1. The first-order chi connectivity index (χ1) is 12.9. The van der Waals surface area contributed by atoms with Gasteiger partial charge < -0.3 is 10.2 Å². The highest BCUT2D eigenvalue weighted by atomic mass is 32.2. The van der Waals surface area contributed by atoms with E-state index in [0.29, 0.717) is 27.9 Å². The van der Waals surface area contributed by atoms with Crippen molar-refractivity contribution in [3.05, 3.63) is 35.2 Å². The molecule has 2 aliphatic heterocycles. The molecular weight excluding hydrogens is 382 g/mol. The largest absolute Gasteiger partial charge is 0.315 e. The number of carbonyl (C=O) groups is 3. The van der Waals surface area contributed by atoms with Crippen LogP contribution in [0.2, 0.25) is 0 Å². The van der Waals surface area contributed by atoms with Crippen molar-refractivity contribution in [1.82, 2.24) is 9.88 Å². The van der Waals surface area contributed by atoms with Crippen molar-refractivity contribution in [1.29, 1.82) is 0 Å². The second kappa shape index (κ2) is 6.76. The van der Waals surface area contributed by atoms with E-state index in [-0.39, 0.29) is 22.5 Å². The van der Waals surface area contributed by atoms with Crippen LogP contribution in [0.3, 0.4) is 0 Å². The van der Waals surface area contributed by atoms with Gasteiger partial charge in [-0.2, -0.15) is 0 Å². The summed E-state index contributed by atoms with van der Waals surface area (Å²) in [7, 11) is 0. The first-order valence-electron chi connectivity index (χ1n) is 8.73. The van der Waals surface area contributed by atoms with Gasteiger partial charge in [0.05, 0.1) is 15.4 Å². The van der Waals surface area contributed by atoms with E-state index in [9.17, 15) is 14.4 Å². The molecule has 0 spiro atoms. The maximum Gasteiger partial charge on any atom is 0.249 e. The molecule has 0 radical (unpaired) electrons. The third-order valence-electron chi connectivity index (χ3n) is 4.97. The Bertz CT molecular complexity index is 928. The zero-order valence-electron chi connectivity index (χ0n) is 15.0. The second-order valence-corrected chi connectivity index (χ2v) is 9.37. The fraction of sp³-hybridized carbons (Fsp3) is 0.368. The summed E-state index contributed by atoms with van der Waals surface area (Å²) >= 11 is 2.82. The van der Waals surface area contributed by atoms with Gasteiger partial charge in [0.25, 0.3) is 0 Å². The number of fused-ring (bicyclic) bond motifs is 1. The first kappa shape index (κ1) is 18.2. The van der Waals surface area contributed by atoms with Gasteiger partial charge in [-0.3, -0.25) is 14.4 Å². The van der Waals surface area contributed by atoms with Crippen LogP contribution >= 0.6 is 23.1 Å². The van der Waals surface area contributed by atoms with Crippen LogP contribution in [0.1, 0.15) is 36.4 Å². The molecule has 1 N–H and O–H groups in total. The highest BCUT2D eigenvalue weighted by Crippen LogP contribution is 2.47. The summed E-state index contributed by atoms with van der Waals surface area (Å²) in [5, 5.41) is 3.21. The van der Waals surface area contributed by atoms with Crippen LogP contribution in [0.15, 0.2) is 30.3 Å². The summed E-state index contributed by atoms with van der Waals surface area (Å²) in [4.78, 5) is 43.5. The van der Waals surface area contributed by atoms with E-state index in [0.717, 1.165) is 12.0 Å². The van der Waals surface area contributed by atoms with Crippen molar-refractivity contribution >= 4 is 45.8 Å². The van der Waals surface area contributed by atoms with Crippen molar-refractivity contribution in [2.24, 2.45) is 0 Å². The predicted octanol–water partition coefficient (Wildman–Crippen LogP) is 3.41. The average Bonchev–Trinajstić information content (AvgIpc) is 3.29. The minimum Gasteiger partial charge on any atom is -0.315 e. The number of carbonyl (C=O) groups excluding carboxylic acids is 3. The molecule has 2 saturated heterocycles. The Morgan fingerprint density at radius 1 is 1.30 bits per heavy atom. The molecule has 4 rings (SSSR count). The number of hydrogen-bond acceptors (Lipinski definition) is 6. The Hall–Kier alpha value is -2.19. The molecule has 3 heterocycles. The number of thiazole rings is 1. The van der Waals surface area contributed by atoms with Crippen molar-refractivity contribution in [3.8, 4) is 11.3 Å². The Labute approximate surface area is 165 Å². The van der Waals surface area contributed by atoms with E-state index >= 15 is 0 Å². The number of nitrogens with one attached hydrogen (secondary N) is 1. The van der Waals surface area contributed by atoms with Crippen LogP contribution in [0, 0.1) is 0 Å². The highest BCUT2D eigenvalue weighted by molar-refractivity contribution is 8.01. The smallest absolute Gasteiger partial charge is 0.249 e. The number of anilines is 1. The number of hydrogen-bond donors (Lipinski definition) is 1. The number of amides is 2. The molecule has 2 aliphatic rings. The molecule has 27 heavy (non-hydrogen) atoms. The van der Waals surface area contributed by atoms with E-state index in [1.54, 1.807) is 16.7 Å². The van der Waals surface area contributed by atoms with Gasteiger partial charge in [0.15, 0.2) is 10.9 Å². The monoisotopic (exact) mass is 401 g/mol. The van der Waals surface area contributed by atoms with E-state index in [2.05, 4.69) is 10.3 Å². The third-order valence-corrected chi connectivity index (χ3v) is 7.55. The molecule has 6 nitrogen and oxygen atoms in total. The maximum atomic E-state index is 12.8. The Kier molecular flexibility index (Phi) is 4.55. The minimum absolute atomic E-state index is 0.0242. The molecule has 0 bridgehead atoms. The van der Waals surface area contributed by atoms with Crippen LogP contribution in [-0.2, 0) is 9.59 Å². The van der Waals surface area contributed by atoms with E-state index < -0.39 is 6.04 Å². The van der Waals surface area contributed by atoms with Crippen LogP contribution in [0.4, 0.5) is 5.13 Å². The van der Waals surface area contributed by atoms with Gasteiger partial charge in [-0.25, -0.2) is 4.98 Å². The van der Waals surface area contributed by atoms with E-state index in [4.69, 9.17) is 0 Å². The van der Waals surface area contributed by atoms with Gasteiger partial charge in [-0.15, -0.1) is 11.8 Å². The summed E-state index contributed by atoms with van der Waals surface area (Å²) in [6.07, 6.45) is 1.25. The summed E-state index contributed by atoms with van der Waals surface area (Å²) in [6, 6.07) is 8.93. The van der Waals surface area contributed by atoms with E-state index in [1.807, 2.05) is 37.3 Å². The highest BCUT2D eigenvalue weighted by Gasteiger charge is 2.53. The Morgan fingerprint density at radius 3 is 2.74 bits per heavy atom. The van der Waals surface area contributed by atoms with Gasteiger partial charge in [0.2, 0.25) is 11.8 Å². The van der Waals surface area contributed by atoms with Gasteiger partial charge in [-0.05, 0) is 13.3 Å². The molecular formula is C19H19N3O3S2. The molecule has 0 aliphatic carbocycles. The number of ketones is 1. The number of nitrogens with zero attached hydrogens (tertiary/aromatic N) is 2. The van der Waals surface area contributed by atoms with Crippen LogP contribution in [0.5, 0.6) is 0 Å². The van der Waals surface area contributed by atoms with E-state index in [1.165, 1.54) is 18.3 Å². The molecule has 0 saturated carbocycles. The van der Waals surface area contributed by atoms with Gasteiger partial charge in [0, 0.05) is 24.7 Å². The minimum atomic E-state index is -0.500. The number of Topliss-reactive ketones (excluding diaryl/α,β-unsaturated/α-hetero) is 1. The Morgan fingerprint density at radius 2 is 2.04 bits per heavy atom. The lowest BCUT2D eigenvalue weighted by Gasteiger charge is -2.29. The summed E-state index contributed by atoms with van der Waals surface area (Å²) in [6.45, 7) is 3.51. The van der Waals surface area contributed by atoms with Crippen molar-refractivity contribution in [2.45, 2.75) is 37.6 Å². The molecule has 2 atom stereocenters. The molecule has 8 heteroatoms. The topological polar surface area (TPSA) is 79.4 Å². The number of aromatic nitrogens is 1. The molecule has 2 aromatic rings. The standard InChI is InChI=1S/C19H19N3O3S2/c1-11(23)16-15(12-6-4-3-5-7-12)20-18(27-16)21-17(25)13-10-26-19(2)9-8-14(24)22(13)19/h3-7,13H,8-10H2,1-2H3,(H,20,21,25)/t13-,19+/m0/s1. The van der Waals surface area contributed by atoms with Gasteiger partial charge >= 0.3 is 0 Å². The second-order valence-electron chi connectivity index (χ2n) is 6.87. The lowest BCUT2D eigenvalue weighted by molar-refractivity contribution is -0.135. The normalized spacial score (nSPS) is 24.1. The molecule has 2 amide bonds. The van der Waals surface area contributed by atoms with Crippen molar-refractivity contribution < 1.29 is 14.4 Å². The summed E-state index contributed by atoms with van der Waals surface area (Å²) < 4.78 is 0. The molecule has 0 unspecified atom stereocenters. The fourth-order valence-corrected chi connectivity index (χ4v) is 5.92. The van der Waals surface area contributed by atoms with Crippen molar-refractivity contribution in [2.75, 3.05) is 11.1 Å². The third kappa shape index (κ3) is 3.17. The zero-order chi connectivity index (χ0) is 19.2. The number of rotatable bonds is 4. The van der Waals surface area contributed by atoms with Crippen molar-refractivity contribution in [3.63, 3.8) is 0 Å². The Balaban J connectivity index is 1.59. The van der Waals surface area contributed by atoms with Crippen LogP contribution in [-0.4, -0.2) is 44.1 Å². The lowest BCUT2D eigenvalue weighted by Crippen LogP contribution is -2.48.